The minimum atomic E-state index is -0.146. The van der Waals surface area contributed by atoms with Crippen LogP contribution in [0.15, 0.2) is 255 Å². The fourth-order valence-corrected chi connectivity index (χ4v) is 13.0. The molecular weight excluding hydrogens is 1220 g/mol. The van der Waals surface area contributed by atoms with Crippen LogP contribution in [-0.4, -0.2) is 14.1 Å². The van der Waals surface area contributed by atoms with Crippen molar-refractivity contribution in [3.63, 3.8) is 0 Å². The van der Waals surface area contributed by atoms with Crippen LogP contribution in [0.4, 0.5) is 34.3 Å². The number of ether oxygens (including phenoxy) is 1. The van der Waals surface area contributed by atoms with E-state index < -0.39 is 0 Å². The Morgan fingerprint density at radius 2 is 0.788 bits per heavy atom. The Balaban J connectivity index is 1.03. The van der Waals surface area contributed by atoms with Crippen LogP contribution in [0.5, 0.6) is 11.5 Å². The number of anilines is 6. The Kier molecular flexibility index (Phi) is 14.2. The van der Waals surface area contributed by atoms with Gasteiger partial charge in [-0.25, -0.2) is 0 Å². The van der Waals surface area contributed by atoms with E-state index in [0.717, 1.165) is 105 Å². The molecule has 10 aromatic carbocycles. The maximum absolute atomic E-state index is 7.25. The standard InChI is InChI=1S/C78H69N5O.Pt/c1-76(2,3)55-39-42-65-64-33-19-20-36-68(64)83(74-49-57(45-46-79-74)78(7,8)9)73-51-61(41-44-67(73)66-43-40-56(77(4,5)6)48-72(66)82(71(65)47-55)58-29-17-12-18-30-58)84-60-32-23-31-59(50-60)80-52-81(70-38-22-21-37-69(70)80)75-62(53-25-13-10-14-26-53)34-24-35-63(75)54-27-15-11-16-28-54;/h10-51H,1-9H3;. The number of pyridine rings is 1. The second-order valence-corrected chi connectivity index (χ2v) is 26.3. The zero-order valence-electron chi connectivity index (χ0n) is 49.7. The molecule has 0 amide bonds. The summed E-state index contributed by atoms with van der Waals surface area (Å²) >= 11 is 2.52. The molecule has 0 unspecified atom stereocenters. The summed E-state index contributed by atoms with van der Waals surface area (Å²) in [6, 6.07) is 90.2. The molecule has 0 atom stereocenters. The molecule has 13 rings (SSSR count). The zero-order valence-corrected chi connectivity index (χ0v) is 52.0. The SMILES string of the molecule is CC(C)(C)c1ccnc(N2c3ccccc3-c3ccc(C(C)(C)C)cc3N(c3ccccc3)c3cc(C(C)(C)C)ccc3-c3ccc(Oc4cccc(-n5[c](=[Pt])n(-c6c(-c7ccccc7)cccc6-c6ccccc6)c6ccccc65)c4)cc32)c1. The van der Waals surface area contributed by atoms with Crippen LogP contribution in [0.1, 0.15) is 79.0 Å². The molecule has 0 radical (unpaired) electrons. The second kappa shape index (κ2) is 21.8. The third kappa shape index (κ3) is 10.4. The molecule has 0 spiro atoms. The van der Waals surface area contributed by atoms with Crippen molar-refractivity contribution in [3.05, 3.63) is 275 Å². The molecule has 12 aromatic rings. The summed E-state index contributed by atoms with van der Waals surface area (Å²) in [6.45, 7) is 20.6. The molecule has 6 nitrogen and oxygen atoms in total. The van der Waals surface area contributed by atoms with Gasteiger partial charge in [-0.2, -0.15) is 0 Å². The number of hydrogen-bond donors (Lipinski definition) is 0. The monoisotopic (exact) mass is 1290 g/mol. The number of aromatic nitrogens is 3. The molecule has 3 heterocycles. The summed E-state index contributed by atoms with van der Waals surface area (Å²) < 4.78 is 13.0. The molecule has 0 fully saturated rings. The van der Waals surface area contributed by atoms with E-state index in [1.54, 1.807) is 0 Å². The molecule has 0 bridgehead atoms. The van der Waals surface area contributed by atoms with E-state index >= 15 is 0 Å². The Morgan fingerprint density at radius 1 is 0.341 bits per heavy atom. The summed E-state index contributed by atoms with van der Waals surface area (Å²) in [6.07, 6.45) is 1.96. The van der Waals surface area contributed by atoms with Gasteiger partial charge in [0.25, 0.3) is 0 Å². The van der Waals surface area contributed by atoms with Crippen LogP contribution >= 0.6 is 0 Å². The second-order valence-electron chi connectivity index (χ2n) is 25.3. The van der Waals surface area contributed by atoms with Gasteiger partial charge in [0, 0.05) is 17.4 Å². The van der Waals surface area contributed by atoms with Gasteiger partial charge in [-0.1, -0.05) is 117 Å². The van der Waals surface area contributed by atoms with Crippen LogP contribution in [0.2, 0.25) is 0 Å². The van der Waals surface area contributed by atoms with Gasteiger partial charge in [-0.3, -0.25) is 0 Å². The van der Waals surface area contributed by atoms with Crippen molar-refractivity contribution in [2.45, 2.75) is 78.6 Å². The molecule has 85 heavy (non-hydrogen) atoms. The number of nitrogens with zero attached hydrogens (tertiary/aromatic N) is 5. The van der Waals surface area contributed by atoms with Crippen molar-refractivity contribution >= 4 is 45.3 Å². The quantitative estimate of drug-likeness (QED) is 0.152. The van der Waals surface area contributed by atoms with Crippen LogP contribution in [0.25, 0.3) is 66.9 Å². The molecule has 422 valence electrons. The summed E-state index contributed by atoms with van der Waals surface area (Å²) in [5.74, 6) is 2.21. The molecule has 0 saturated carbocycles. The molecule has 0 saturated heterocycles. The van der Waals surface area contributed by atoms with E-state index in [1.807, 2.05) is 6.20 Å². The zero-order chi connectivity index (χ0) is 58.8. The fraction of sp³-hybridized carbons (Fsp3) is 0.154. The third-order valence-corrected chi connectivity index (χ3v) is 17.5. The van der Waals surface area contributed by atoms with E-state index in [-0.39, 0.29) is 16.2 Å². The minimum absolute atomic E-state index is 0.119. The Hall–Kier alpha value is -9.09. The normalized spacial score (nSPS) is 12.6. The van der Waals surface area contributed by atoms with E-state index in [9.17, 15) is 0 Å². The van der Waals surface area contributed by atoms with Crippen molar-refractivity contribution in [1.29, 1.82) is 0 Å². The Labute approximate surface area is 511 Å². The first-order chi connectivity index (χ1) is 41.0. The first-order valence-corrected chi connectivity index (χ1v) is 30.5. The molecule has 1 aliphatic heterocycles. The topological polar surface area (TPSA) is 38.5 Å². The van der Waals surface area contributed by atoms with Crippen LogP contribution in [0.3, 0.4) is 0 Å². The summed E-state index contributed by atoms with van der Waals surface area (Å²) in [5, 5.41) is 0. The van der Waals surface area contributed by atoms with Gasteiger partial charge in [-0.15, -0.1) is 0 Å². The fourth-order valence-electron chi connectivity index (χ4n) is 12.0. The van der Waals surface area contributed by atoms with E-state index in [1.165, 1.54) is 16.7 Å². The first kappa shape index (κ1) is 55.1. The maximum atomic E-state index is 7.25. The van der Waals surface area contributed by atoms with Gasteiger partial charge in [0.15, 0.2) is 0 Å². The van der Waals surface area contributed by atoms with Crippen LogP contribution in [-0.2, 0) is 35.6 Å². The molecule has 7 heteroatoms. The predicted octanol–water partition coefficient (Wildman–Crippen LogP) is 21.5. The van der Waals surface area contributed by atoms with Crippen LogP contribution < -0.4 is 14.5 Å². The molecule has 0 aliphatic carbocycles. The van der Waals surface area contributed by atoms with Crippen molar-refractivity contribution < 1.29 is 24.1 Å². The van der Waals surface area contributed by atoms with Crippen molar-refractivity contribution in [2.24, 2.45) is 0 Å². The number of rotatable bonds is 8. The van der Waals surface area contributed by atoms with E-state index in [0.29, 0.717) is 11.5 Å². The van der Waals surface area contributed by atoms with Crippen molar-refractivity contribution in [1.82, 2.24) is 14.1 Å². The van der Waals surface area contributed by atoms with Gasteiger partial charge in [0.2, 0.25) is 0 Å². The number of para-hydroxylation sites is 5. The average molecular weight is 1290 g/mol. The summed E-state index contributed by atoms with van der Waals surface area (Å²) in [4.78, 5) is 10.2. The van der Waals surface area contributed by atoms with E-state index in [2.05, 4.69) is 349 Å². The molecule has 2 aromatic heterocycles. The van der Waals surface area contributed by atoms with Gasteiger partial charge < -0.3 is 4.90 Å². The molecular formula is C78H69N5OPt. The number of fused-ring (bicyclic) bond motifs is 7. The third-order valence-electron chi connectivity index (χ3n) is 16.4. The van der Waals surface area contributed by atoms with Crippen molar-refractivity contribution in [2.75, 3.05) is 9.80 Å². The number of hydrogen-bond acceptors (Lipinski definition) is 4. The number of imidazole rings is 1. The van der Waals surface area contributed by atoms with E-state index in [4.69, 9.17) is 9.72 Å². The molecule has 1 aliphatic rings. The van der Waals surface area contributed by atoms with Gasteiger partial charge >= 0.3 is 306 Å². The van der Waals surface area contributed by atoms with Gasteiger partial charge in [-0.05, 0) is 63.3 Å². The number of benzene rings is 10. The Bertz CT molecular complexity index is 4480. The van der Waals surface area contributed by atoms with Gasteiger partial charge in [0.1, 0.15) is 0 Å². The summed E-state index contributed by atoms with van der Waals surface area (Å²) in [5.41, 5.74) is 21.6. The molecule has 0 N–H and O–H groups in total. The average Bonchev–Trinajstić information content (AvgIpc) is 2.06. The van der Waals surface area contributed by atoms with Crippen LogP contribution in [0, 0.1) is 3.80 Å². The Morgan fingerprint density at radius 3 is 1.38 bits per heavy atom. The predicted molar refractivity (Wildman–Crippen MR) is 351 cm³/mol. The summed E-state index contributed by atoms with van der Waals surface area (Å²) in [7, 11) is 0. The first-order valence-electron chi connectivity index (χ1n) is 29.3. The van der Waals surface area contributed by atoms with Gasteiger partial charge in [0.05, 0.1) is 5.69 Å². The van der Waals surface area contributed by atoms with Crippen molar-refractivity contribution in [3.8, 4) is 67.4 Å².